The van der Waals surface area contributed by atoms with Crippen LogP contribution in [0, 0.1) is 0 Å². The Hall–Kier alpha value is -0.470. The summed E-state index contributed by atoms with van der Waals surface area (Å²) in [5.74, 6) is 0. The van der Waals surface area contributed by atoms with Crippen LogP contribution in [0.2, 0.25) is 0 Å². The predicted molar refractivity (Wildman–Crippen MR) is 61.9 cm³/mol. The molecule has 72 valence electrons. The second kappa shape index (κ2) is 5.30. The van der Waals surface area contributed by atoms with Gasteiger partial charge in [-0.3, -0.25) is 0 Å². The Morgan fingerprint density at radius 2 is 2.23 bits per heavy atom. The van der Waals surface area contributed by atoms with Gasteiger partial charge in [0.15, 0.2) is 0 Å². The van der Waals surface area contributed by atoms with E-state index in [0.29, 0.717) is 0 Å². The van der Waals surface area contributed by atoms with Gasteiger partial charge in [0.05, 0.1) is 0 Å². The van der Waals surface area contributed by atoms with Crippen LogP contribution in [0.25, 0.3) is 0 Å². The SMILES string of the molecule is CC(N)CCC1=CCCC=C1C=S. The molecular weight excluding hydrogens is 178 g/mol. The van der Waals surface area contributed by atoms with E-state index in [-0.39, 0.29) is 6.04 Å². The fourth-order valence-corrected chi connectivity index (χ4v) is 1.75. The molecule has 0 radical (unpaired) electrons. The average molecular weight is 195 g/mol. The van der Waals surface area contributed by atoms with Gasteiger partial charge < -0.3 is 5.73 Å². The maximum atomic E-state index is 5.71. The second-order valence-electron chi connectivity index (χ2n) is 3.60. The summed E-state index contributed by atoms with van der Waals surface area (Å²) >= 11 is 4.96. The van der Waals surface area contributed by atoms with Crippen LogP contribution in [-0.4, -0.2) is 11.4 Å². The molecule has 13 heavy (non-hydrogen) atoms. The Kier molecular flexibility index (Phi) is 4.33. The fraction of sp³-hybridized carbons (Fsp3) is 0.545. The normalized spacial score (nSPS) is 18.9. The van der Waals surface area contributed by atoms with Crippen LogP contribution in [0.1, 0.15) is 32.6 Å². The van der Waals surface area contributed by atoms with E-state index in [1.165, 1.54) is 11.1 Å². The monoisotopic (exact) mass is 195 g/mol. The second-order valence-corrected chi connectivity index (χ2v) is 3.84. The molecule has 2 N–H and O–H groups in total. The average Bonchev–Trinajstić information content (AvgIpc) is 2.15. The van der Waals surface area contributed by atoms with Crippen molar-refractivity contribution in [2.45, 2.75) is 38.6 Å². The van der Waals surface area contributed by atoms with E-state index < -0.39 is 0 Å². The standard InChI is InChI=1S/C11H17NS/c1-9(12)6-7-10-4-2-3-5-11(10)8-13/h4-5,8-9H,2-3,6-7,12H2,1H3. The summed E-state index contributed by atoms with van der Waals surface area (Å²) in [6.07, 6.45) is 8.91. The highest BCUT2D eigenvalue weighted by molar-refractivity contribution is 7.79. The van der Waals surface area contributed by atoms with Gasteiger partial charge in [0.2, 0.25) is 0 Å². The third kappa shape index (κ3) is 3.41. The topological polar surface area (TPSA) is 26.0 Å². The van der Waals surface area contributed by atoms with E-state index in [0.717, 1.165) is 25.7 Å². The summed E-state index contributed by atoms with van der Waals surface area (Å²) in [4.78, 5) is 0. The van der Waals surface area contributed by atoms with Crippen LogP contribution in [0.5, 0.6) is 0 Å². The van der Waals surface area contributed by atoms with E-state index >= 15 is 0 Å². The molecule has 0 aromatic rings. The lowest BCUT2D eigenvalue weighted by Gasteiger charge is -2.13. The van der Waals surface area contributed by atoms with E-state index in [1.807, 2.05) is 6.92 Å². The molecule has 0 fully saturated rings. The zero-order chi connectivity index (χ0) is 9.68. The molecule has 1 unspecified atom stereocenters. The van der Waals surface area contributed by atoms with Crippen molar-refractivity contribution in [1.82, 2.24) is 0 Å². The van der Waals surface area contributed by atoms with Crippen LogP contribution in [0.3, 0.4) is 0 Å². The molecule has 1 nitrogen and oxygen atoms in total. The zero-order valence-electron chi connectivity index (χ0n) is 8.12. The lowest BCUT2D eigenvalue weighted by molar-refractivity contribution is 0.664. The number of hydrogen-bond donors (Lipinski definition) is 1. The van der Waals surface area contributed by atoms with Crippen molar-refractivity contribution in [2.75, 3.05) is 0 Å². The summed E-state index contributed by atoms with van der Waals surface area (Å²) in [7, 11) is 0. The smallest absolute Gasteiger partial charge is 0.00855 e. The van der Waals surface area contributed by atoms with E-state index in [4.69, 9.17) is 18.0 Å². The summed E-state index contributed by atoms with van der Waals surface area (Å²) in [6.45, 7) is 2.05. The molecule has 0 saturated heterocycles. The molecule has 0 bridgehead atoms. The quantitative estimate of drug-likeness (QED) is 0.698. The summed E-state index contributed by atoms with van der Waals surface area (Å²) < 4.78 is 0. The van der Waals surface area contributed by atoms with E-state index in [1.54, 1.807) is 5.37 Å². The van der Waals surface area contributed by atoms with Crippen molar-refractivity contribution in [3.8, 4) is 0 Å². The summed E-state index contributed by atoms with van der Waals surface area (Å²) in [5, 5.41) is 1.78. The molecule has 0 aromatic carbocycles. The maximum Gasteiger partial charge on any atom is 0.00855 e. The summed E-state index contributed by atoms with van der Waals surface area (Å²) in [6, 6.07) is 0.286. The van der Waals surface area contributed by atoms with E-state index in [2.05, 4.69) is 12.2 Å². The van der Waals surface area contributed by atoms with Crippen LogP contribution in [0.4, 0.5) is 0 Å². The van der Waals surface area contributed by atoms with Gasteiger partial charge in [0.1, 0.15) is 0 Å². The molecular formula is C11H17NS. The van der Waals surface area contributed by atoms with Gasteiger partial charge >= 0.3 is 0 Å². The largest absolute Gasteiger partial charge is 0.328 e. The summed E-state index contributed by atoms with van der Waals surface area (Å²) in [5.41, 5.74) is 8.34. The van der Waals surface area contributed by atoms with E-state index in [9.17, 15) is 0 Å². The van der Waals surface area contributed by atoms with Crippen molar-refractivity contribution in [3.05, 3.63) is 23.3 Å². The highest BCUT2D eigenvalue weighted by Crippen LogP contribution is 2.21. The Balaban J connectivity index is 2.52. The number of hydrogen-bond acceptors (Lipinski definition) is 2. The van der Waals surface area contributed by atoms with Crippen molar-refractivity contribution < 1.29 is 0 Å². The molecule has 0 spiro atoms. The Morgan fingerprint density at radius 3 is 2.85 bits per heavy atom. The first-order valence-corrected chi connectivity index (χ1v) is 5.31. The van der Waals surface area contributed by atoms with Gasteiger partial charge in [-0.15, -0.1) is 0 Å². The minimum absolute atomic E-state index is 0.286. The van der Waals surface area contributed by atoms with Gasteiger partial charge in [-0.2, -0.15) is 0 Å². The Morgan fingerprint density at radius 1 is 1.54 bits per heavy atom. The van der Waals surface area contributed by atoms with Crippen molar-refractivity contribution in [2.24, 2.45) is 5.73 Å². The highest BCUT2D eigenvalue weighted by Gasteiger charge is 2.06. The molecule has 0 aromatic heterocycles. The third-order valence-electron chi connectivity index (χ3n) is 2.29. The molecule has 0 saturated carbocycles. The first-order valence-electron chi connectivity index (χ1n) is 4.84. The third-order valence-corrected chi connectivity index (χ3v) is 2.54. The molecule has 1 aliphatic carbocycles. The van der Waals surface area contributed by atoms with Crippen LogP contribution < -0.4 is 5.73 Å². The molecule has 0 amide bonds. The molecule has 0 aliphatic heterocycles. The molecule has 1 atom stereocenters. The predicted octanol–water partition coefficient (Wildman–Crippen LogP) is 2.76. The number of rotatable bonds is 4. The molecule has 0 heterocycles. The lowest BCUT2D eigenvalue weighted by atomic mass is 9.94. The maximum absolute atomic E-state index is 5.71. The van der Waals surface area contributed by atoms with Crippen LogP contribution in [-0.2, 0) is 0 Å². The Labute approximate surface area is 85.7 Å². The van der Waals surface area contributed by atoms with Crippen molar-refractivity contribution in [3.63, 3.8) is 0 Å². The van der Waals surface area contributed by atoms with Crippen molar-refractivity contribution >= 4 is 17.6 Å². The van der Waals surface area contributed by atoms with Crippen LogP contribution in [0.15, 0.2) is 23.3 Å². The Bertz CT molecular complexity index is 238. The zero-order valence-corrected chi connectivity index (χ0v) is 8.94. The molecule has 1 aliphatic rings. The highest BCUT2D eigenvalue weighted by atomic mass is 32.1. The van der Waals surface area contributed by atoms with Gasteiger partial charge in [-0.05, 0) is 43.8 Å². The van der Waals surface area contributed by atoms with Gasteiger partial charge in [0, 0.05) is 11.4 Å². The van der Waals surface area contributed by atoms with Crippen LogP contribution >= 0.6 is 12.2 Å². The number of thiocarbonyl (C=S) groups is 1. The first-order chi connectivity index (χ1) is 6.24. The lowest BCUT2D eigenvalue weighted by Crippen LogP contribution is -2.15. The van der Waals surface area contributed by atoms with Gasteiger partial charge in [0.25, 0.3) is 0 Å². The number of nitrogens with two attached hydrogens (primary N) is 1. The van der Waals surface area contributed by atoms with Crippen molar-refractivity contribution in [1.29, 1.82) is 0 Å². The molecule has 2 heteroatoms. The van der Waals surface area contributed by atoms with Gasteiger partial charge in [-0.25, -0.2) is 0 Å². The number of allylic oxidation sites excluding steroid dienone is 4. The molecule has 1 rings (SSSR count). The van der Waals surface area contributed by atoms with Gasteiger partial charge in [-0.1, -0.05) is 24.4 Å². The first kappa shape index (κ1) is 10.6. The fourth-order valence-electron chi connectivity index (χ4n) is 1.50. The minimum Gasteiger partial charge on any atom is -0.328 e. The minimum atomic E-state index is 0.286.